The standard InChI is InChI=1S/C15H15BrFN3O/c1-9-6-10(15(18)20-21)2-3-11(9)8-19-14-5-4-12(17)7-13(14)16/h2-7,19,21H,8H2,1H3,(H2,18,20). The number of nitrogens with zero attached hydrogens (tertiary/aromatic N) is 1. The maximum absolute atomic E-state index is 13.0. The van der Waals surface area contributed by atoms with Gasteiger partial charge < -0.3 is 16.3 Å². The summed E-state index contributed by atoms with van der Waals surface area (Å²) in [5.74, 6) is -0.203. The first kappa shape index (κ1) is 15.3. The molecule has 2 aromatic rings. The molecule has 0 spiro atoms. The van der Waals surface area contributed by atoms with Gasteiger partial charge in [-0.3, -0.25) is 0 Å². The molecule has 0 aliphatic carbocycles. The Hall–Kier alpha value is -2.08. The minimum absolute atomic E-state index is 0.0823. The predicted molar refractivity (Wildman–Crippen MR) is 85.1 cm³/mol. The van der Waals surface area contributed by atoms with Gasteiger partial charge in [-0.1, -0.05) is 17.3 Å². The molecule has 0 aliphatic rings. The second-order valence-corrected chi connectivity index (χ2v) is 5.46. The third-order valence-corrected chi connectivity index (χ3v) is 3.80. The molecule has 6 heteroatoms. The first-order valence-corrected chi connectivity index (χ1v) is 7.07. The van der Waals surface area contributed by atoms with Crippen molar-refractivity contribution in [3.05, 3.63) is 63.4 Å². The Balaban J connectivity index is 2.13. The third-order valence-electron chi connectivity index (χ3n) is 3.15. The van der Waals surface area contributed by atoms with E-state index < -0.39 is 0 Å². The number of nitrogens with one attached hydrogen (secondary N) is 1. The first-order valence-electron chi connectivity index (χ1n) is 6.27. The average Bonchev–Trinajstić information content (AvgIpc) is 2.46. The Morgan fingerprint density at radius 1 is 1.33 bits per heavy atom. The largest absolute Gasteiger partial charge is 0.409 e. The second-order valence-electron chi connectivity index (χ2n) is 4.60. The number of aryl methyl sites for hydroxylation is 1. The maximum Gasteiger partial charge on any atom is 0.170 e. The zero-order valence-corrected chi connectivity index (χ0v) is 13.0. The molecular weight excluding hydrogens is 337 g/mol. The molecule has 0 radical (unpaired) electrons. The van der Waals surface area contributed by atoms with E-state index in [0.717, 1.165) is 16.8 Å². The van der Waals surface area contributed by atoms with Gasteiger partial charge in [-0.15, -0.1) is 0 Å². The van der Waals surface area contributed by atoms with Gasteiger partial charge in [-0.2, -0.15) is 0 Å². The monoisotopic (exact) mass is 351 g/mol. The molecule has 0 bridgehead atoms. The van der Waals surface area contributed by atoms with Gasteiger partial charge in [0.25, 0.3) is 0 Å². The van der Waals surface area contributed by atoms with Crippen molar-refractivity contribution in [2.45, 2.75) is 13.5 Å². The van der Waals surface area contributed by atoms with E-state index >= 15 is 0 Å². The van der Waals surface area contributed by atoms with Gasteiger partial charge in [0.2, 0.25) is 0 Å². The fourth-order valence-electron chi connectivity index (χ4n) is 1.93. The van der Waals surface area contributed by atoms with Gasteiger partial charge in [0, 0.05) is 22.3 Å². The molecule has 0 amide bonds. The topological polar surface area (TPSA) is 70.6 Å². The summed E-state index contributed by atoms with van der Waals surface area (Å²) in [6.07, 6.45) is 0. The summed E-state index contributed by atoms with van der Waals surface area (Å²) in [4.78, 5) is 0. The fourth-order valence-corrected chi connectivity index (χ4v) is 2.43. The molecule has 0 saturated heterocycles. The number of anilines is 1. The van der Waals surface area contributed by atoms with Crippen LogP contribution in [0.25, 0.3) is 0 Å². The van der Waals surface area contributed by atoms with Crippen molar-refractivity contribution in [3.8, 4) is 0 Å². The van der Waals surface area contributed by atoms with Crippen LogP contribution in [0.5, 0.6) is 0 Å². The molecule has 4 nitrogen and oxygen atoms in total. The molecule has 110 valence electrons. The number of benzene rings is 2. The number of oxime groups is 1. The third kappa shape index (κ3) is 3.72. The van der Waals surface area contributed by atoms with Crippen molar-refractivity contribution in [2.75, 3.05) is 5.32 Å². The smallest absolute Gasteiger partial charge is 0.170 e. The molecule has 0 atom stereocenters. The molecule has 2 aromatic carbocycles. The first-order chi connectivity index (χ1) is 10.0. The Morgan fingerprint density at radius 2 is 2.10 bits per heavy atom. The van der Waals surface area contributed by atoms with E-state index in [1.54, 1.807) is 12.1 Å². The Bertz CT molecular complexity index is 689. The van der Waals surface area contributed by atoms with E-state index in [0.29, 0.717) is 16.6 Å². The summed E-state index contributed by atoms with van der Waals surface area (Å²) in [7, 11) is 0. The van der Waals surface area contributed by atoms with Crippen LogP contribution in [0.4, 0.5) is 10.1 Å². The van der Waals surface area contributed by atoms with Gasteiger partial charge in [0.15, 0.2) is 5.84 Å². The van der Waals surface area contributed by atoms with E-state index in [1.165, 1.54) is 12.1 Å². The number of halogens is 2. The maximum atomic E-state index is 13.0. The van der Waals surface area contributed by atoms with Crippen molar-refractivity contribution >= 4 is 27.5 Å². The van der Waals surface area contributed by atoms with Gasteiger partial charge in [-0.05, 0) is 58.2 Å². The molecular formula is C15H15BrFN3O. The predicted octanol–water partition coefficient (Wildman–Crippen LogP) is 3.60. The van der Waals surface area contributed by atoms with Crippen LogP contribution in [-0.4, -0.2) is 11.0 Å². The number of hydrogen-bond acceptors (Lipinski definition) is 3. The highest BCUT2D eigenvalue weighted by Crippen LogP contribution is 2.24. The lowest BCUT2D eigenvalue weighted by atomic mass is 10.0. The summed E-state index contributed by atoms with van der Waals surface area (Å²) in [5, 5.41) is 14.9. The summed E-state index contributed by atoms with van der Waals surface area (Å²) < 4.78 is 13.7. The van der Waals surface area contributed by atoms with Crippen LogP contribution in [0.1, 0.15) is 16.7 Å². The number of amidine groups is 1. The zero-order chi connectivity index (χ0) is 15.4. The summed E-state index contributed by atoms with van der Waals surface area (Å²) in [6.45, 7) is 2.54. The van der Waals surface area contributed by atoms with E-state index in [1.807, 2.05) is 19.1 Å². The van der Waals surface area contributed by atoms with Crippen molar-refractivity contribution in [1.82, 2.24) is 0 Å². The van der Waals surface area contributed by atoms with Crippen molar-refractivity contribution < 1.29 is 9.60 Å². The molecule has 21 heavy (non-hydrogen) atoms. The molecule has 2 rings (SSSR count). The van der Waals surface area contributed by atoms with Crippen LogP contribution >= 0.6 is 15.9 Å². The van der Waals surface area contributed by atoms with E-state index in [2.05, 4.69) is 26.4 Å². The van der Waals surface area contributed by atoms with Gasteiger partial charge in [0.1, 0.15) is 5.82 Å². The lowest BCUT2D eigenvalue weighted by Gasteiger charge is -2.12. The molecule has 4 N–H and O–H groups in total. The van der Waals surface area contributed by atoms with Crippen molar-refractivity contribution in [2.24, 2.45) is 10.9 Å². The lowest BCUT2D eigenvalue weighted by Crippen LogP contribution is -2.13. The minimum Gasteiger partial charge on any atom is -0.409 e. The van der Waals surface area contributed by atoms with Gasteiger partial charge in [-0.25, -0.2) is 4.39 Å². The minimum atomic E-state index is -0.285. The molecule has 0 fully saturated rings. The fraction of sp³-hybridized carbons (Fsp3) is 0.133. The van der Waals surface area contributed by atoms with E-state index in [-0.39, 0.29) is 11.7 Å². The zero-order valence-electron chi connectivity index (χ0n) is 11.4. The Kier molecular flexibility index (Phi) is 4.80. The van der Waals surface area contributed by atoms with E-state index in [9.17, 15) is 4.39 Å². The molecule has 0 heterocycles. The highest BCUT2D eigenvalue weighted by molar-refractivity contribution is 9.10. The Labute approximate surface area is 130 Å². The highest BCUT2D eigenvalue weighted by Gasteiger charge is 2.05. The lowest BCUT2D eigenvalue weighted by molar-refractivity contribution is 0.318. The van der Waals surface area contributed by atoms with Crippen LogP contribution in [0.2, 0.25) is 0 Å². The molecule has 0 aliphatic heterocycles. The summed E-state index contributed by atoms with van der Waals surface area (Å²) >= 11 is 3.32. The average molecular weight is 352 g/mol. The molecule has 0 aromatic heterocycles. The van der Waals surface area contributed by atoms with Crippen LogP contribution in [0.15, 0.2) is 46.0 Å². The summed E-state index contributed by atoms with van der Waals surface area (Å²) in [5.41, 5.74) is 9.13. The van der Waals surface area contributed by atoms with Crippen LogP contribution in [0.3, 0.4) is 0 Å². The SMILES string of the molecule is Cc1cc(/C(N)=N/O)ccc1CNc1ccc(F)cc1Br. The normalized spacial score (nSPS) is 11.5. The second kappa shape index (κ2) is 6.58. The quantitative estimate of drug-likeness (QED) is 0.341. The van der Waals surface area contributed by atoms with Crippen LogP contribution < -0.4 is 11.1 Å². The Morgan fingerprint density at radius 3 is 2.71 bits per heavy atom. The highest BCUT2D eigenvalue weighted by atomic mass is 79.9. The van der Waals surface area contributed by atoms with Crippen LogP contribution in [-0.2, 0) is 6.54 Å². The summed E-state index contributed by atoms with van der Waals surface area (Å²) in [6, 6.07) is 10.1. The van der Waals surface area contributed by atoms with Gasteiger partial charge in [0.05, 0.1) is 0 Å². The van der Waals surface area contributed by atoms with Crippen LogP contribution in [0, 0.1) is 12.7 Å². The molecule has 0 unspecified atom stereocenters. The van der Waals surface area contributed by atoms with Crippen molar-refractivity contribution in [3.63, 3.8) is 0 Å². The number of rotatable bonds is 4. The van der Waals surface area contributed by atoms with Crippen molar-refractivity contribution in [1.29, 1.82) is 0 Å². The number of hydrogen-bond donors (Lipinski definition) is 3. The van der Waals surface area contributed by atoms with Gasteiger partial charge >= 0.3 is 0 Å². The number of nitrogens with two attached hydrogens (primary N) is 1. The van der Waals surface area contributed by atoms with E-state index in [4.69, 9.17) is 10.9 Å². The molecule has 0 saturated carbocycles.